The number of nitriles is 4. The average molecular weight is 741 g/mol. The second-order valence-electron chi connectivity index (χ2n) is 13.5. The summed E-state index contributed by atoms with van der Waals surface area (Å²) >= 11 is 0. The molecule has 2 heterocycles. The molecule has 9 rings (SSSR count). The van der Waals surface area contributed by atoms with Crippen molar-refractivity contribution < 1.29 is 0 Å². The molecule has 0 aliphatic carbocycles. The van der Waals surface area contributed by atoms with Crippen LogP contribution in [0.1, 0.15) is 22.3 Å². The molecular weight excluding hydrogens is 713 g/mol. The smallest absolute Gasteiger partial charge is 0.161 e. The van der Waals surface area contributed by atoms with Crippen LogP contribution >= 0.6 is 0 Å². The maximum atomic E-state index is 10.8. The summed E-state index contributed by atoms with van der Waals surface area (Å²) in [7, 11) is 0. The third-order valence-electron chi connectivity index (χ3n) is 10.2. The number of hydrogen-bond donors (Lipinski definition) is 0. The largest absolute Gasteiger partial charge is 0.310 e. The quantitative estimate of drug-likeness (QED) is 0.159. The highest BCUT2D eigenvalue weighted by atomic mass is 15.1. The molecule has 268 valence electrons. The van der Waals surface area contributed by atoms with E-state index in [-0.39, 0.29) is 17.0 Å². The first-order valence-corrected chi connectivity index (χ1v) is 18.4. The molecule has 0 bridgehead atoms. The minimum atomic E-state index is 0.271. The summed E-state index contributed by atoms with van der Waals surface area (Å²) in [5.41, 5.74) is 8.95. The van der Waals surface area contributed by atoms with Gasteiger partial charge in [0.1, 0.15) is 12.1 Å². The molecule has 0 unspecified atom stereocenters. The van der Waals surface area contributed by atoms with Gasteiger partial charge in [-0.3, -0.25) is 0 Å². The molecule has 0 aliphatic heterocycles. The standard InChI is InChI=1S/C50H28N8/c51-29-33-13-7-9-19-41(33)46-28-45(55-50(56-46)42-20-10-8-14-34(42)30-52)35-25-36(31-53)49(37(26-35)32-54)58-47-22-12-11-21-43(47)44-27-40(23-24-48(44)58)57(38-15-3-1-4-16-38)39-17-5-2-6-18-39/h1-28H. The molecule has 0 amide bonds. The number of anilines is 3. The molecule has 0 aliphatic rings. The summed E-state index contributed by atoms with van der Waals surface area (Å²) in [5, 5.41) is 43.5. The van der Waals surface area contributed by atoms with Gasteiger partial charge in [-0.05, 0) is 84.9 Å². The van der Waals surface area contributed by atoms with Crippen LogP contribution in [0, 0.1) is 45.3 Å². The van der Waals surface area contributed by atoms with E-state index in [1.807, 2.05) is 77.4 Å². The molecule has 2 aromatic heterocycles. The Morgan fingerprint density at radius 1 is 0.414 bits per heavy atom. The van der Waals surface area contributed by atoms with Crippen LogP contribution in [0.15, 0.2) is 170 Å². The number of aromatic nitrogens is 3. The maximum Gasteiger partial charge on any atom is 0.161 e. The number of para-hydroxylation sites is 3. The Labute approximate surface area is 334 Å². The highest BCUT2D eigenvalue weighted by Gasteiger charge is 2.23. The summed E-state index contributed by atoms with van der Waals surface area (Å²) in [6.45, 7) is 0. The molecular formula is C50H28N8. The van der Waals surface area contributed by atoms with Crippen LogP contribution in [0.3, 0.4) is 0 Å². The van der Waals surface area contributed by atoms with E-state index in [0.29, 0.717) is 44.9 Å². The first-order chi connectivity index (χ1) is 28.6. The van der Waals surface area contributed by atoms with Crippen LogP contribution in [0.5, 0.6) is 0 Å². The van der Waals surface area contributed by atoms with Gasteiger partial charge >= 0.3 is 0 Å². The molecule has 9 aromatic rings. The summed E-state index contributed by atoms with van der Waals surface area (Å²) in [5.74, 6) is 0.275. The van der Waals surface area contributed by atoms with Crippen molar-refractivity contribution in [1.29, 1.82) is 21.0 Å². The molecule has 8 heteroatoms. The minimum Gasteiger partial charge on any atom is -0.310 e. The Kier molecular flexibility index (Phi) is 8.90. The fraction of sp³-hybridized carbons (Fsp3) is 0. The summed E-state index contributed by atoms with van der Waals surface area (Å²) in [4.78, 5) is 11.9. The third kappa shape index (κ3) is 6.03. The molecule has 0 spiro atoms. The zero-order valence-electron chi connectivity index (χ0n) is 30.7. The lowest BCUT2D eigenvalue weighted by Gasteiger charge is -2.25. The van der Waals surface area contributed by atoms with E-state index in [4.69, 9.17) is 9.97 Å². The molecule has 7 aromatic carbocycles. The van der Waals surface area contributed by atoms with E-state index in [9.17, 15) is 21.0 Å². The van der Waals surface area contributed by atoms with Crippen molar-refractivity contribution in [3.05, 3.63) is 192 Å². The lowest BCUT2D eigenvalue weighted by molar-refractivity contribution is 1.15. The van der Waals surface area contributed by atoms with Crippen LogP contribution in [-0.4, -0.2) is 14.5 Å². The summed E-state index contributed by atoms with van der Waals surface area (Å²) in [6, 6.07) is 63.3. The zero-order valence-corrected chi connectivity index (χ0v) is 30.7. The fourth-order valence-electron chi connectivity index (χ4n) is 7.57. The van der Waals surface area contributed by atoms with Gasteiger partial charge in [0.05, 0.1) is 62.5 Å². The van der Waals surface area contributed by atoms with Gasteiger partial charge in [0, 0.05) is 44.5 Å². The van der Waals surface area contributed by atoms with Gasteiger partial charge in [-0.25, -0.2) is 9.97 Å². The van der Waals surface area contributed by atoms with Crippen LogP contribution in [0.2, 0.25) is 0 Å². The minimum absolute atomic E-state index is 0.271. The molecule has 58 heavy (non-hydrogen) atoms. The second-order valence-corrected chi connectivity index (χ2v) is 13.5. The van der Waals surface area contributed by atoms with Crippen molar-refractivity contribution in [3.63, 3.8) is 0 Å². The van der Waals surface area contributed by atoms with Gasteiger partial charge in [0.25, 0.3) is 0 Å². The predicted octanol–water partition coefficient (Wildman–Crippen LogP) is 11.5. The Hall–Kier alpha value is -8.82. The first-order valence-electron chi connectivity index (χ1n) is 18.4. The molecule has 8 nitrogen and oxygen atoms in total. The highest BCUT2D eigenvalue weighted by Crippen LogP contribution is 2.41. The monoisotopic (exact) mass is 740 g/mol. The third-order valence-corrected chi connectivity index (χ3v) is 10.2. The van der Waals surface area contributed by atoms with Crippen molar-refractivity contribution in [1.82, 2.24) is 14.5 Å². The van der Waals surface area contributed by atoms with E-state index < -0.39 is 0 Å². The van der Waals surface area contributed by atoms with Gasteiger partial charge in [0.2, 0.25) is 0 Å². The van der Waals surface area contributed by atoms with Crippen LogP contribution in [0.4, 0.5) is 17.1 Å². The number of hydrogen-bond acceptors (Lipinski definition) is 7. The SMILES string of the molecule is N#Cc1ccccc1-c1cc(-c2cc(C#N)c(-n3c4ccccc4c4cc(N(c5ccccc5)c5ccccc5)ccc43)c(C#N)c2)nc(-c2ccccc2C#N)n1. The zero-order chi connectivity index (χ0) is 39.6. The topological polar surface area (TPSA) is 129 Å². The normalized spacial score (nSPS) is 10.7. The molecule has 0 saturated heterocycles. The lowest BCUT2D eigenvalue weighted by atomic mass is 9.98. The van der Waals surface area contributed by atoms with Gasteiger partial charge < -0.3 is 9.47 Å². The van der Waals surface area contributed by atoms with Crippen molar-refractivity contribution >= 4 is 38.9 Å². The van der Waals surface area contributed by atoms with E-state index in [1.165, 1.54) is 0 Å². The molecule has 0 atom stereocenters. The van der Waals surface area contributed by atoms with Crippen LogP contribution < -0.4 is 4.90 Å². The Morgan fingerprint density at radius 3 is 1.57 bits per heavy atom. The number of nitrogens with zero attached hydrogens (tertiary/aromatic N) is 8. The molecule has 0 saturated carbocycles. The van der Waals surface area contributed by atoms with Crippen molar-refractivity contribution in [2.45, 2.75) is 0 Å². The molecule has 0 radical (unpaired) electrons. The predicted molar refractivity (Wildman–Crippen MR) is 226 cm³/mol. The number of benzene rings is 7. The van der Waals surface area contributed by atoms with Gasteiger partial charge in [0.15, 0.2) is 5.82 Å². The van der Waals surface area contributed by atoms with Gasteiger partial charge in [-0.2, -0.15) is 21.0 Å². The van der Waals surface area contributed by atoms with Crippen molar-refractivity contribution in [2.24, 2.45) is 0 Å². The van der Waals surface area contributed by atoms with Crippen LogP contribution in [0.25, 0.3) is 61.4 Å². The number of fused-ring (bicyclic) bond motifs is 3. The Balaban J connectivity index is 1.26. The van der Waals surface area contributed by atoms with Gasteiger partial charge in [-0.15, -0.1) is 0 Å². The van der Waals surface area contributed by atoms with E-state index in [2.05, 4.69) is 71.6 Å². The van der Waals surface area contributed by atoms with Gasteiger partial charge in [-0.1, -0.05) is 84.9 Å². The Morgan fingerprint density at radius 2 is 0.931 bits per heavy atom. The maximum absolute atomic E-state index is 10.8. The first kappa shape index (κ1) is 34.9. The molecule has 0 fully saturated rings. The van der Waals surface area contributed by atoms with Crippen molar-refractivity contribution in [3.8, 4) is 63.9 Å². The van der Waals surface area contributed by atoms with Crippen molar-refractivity contribution in [2.75, 3.05) is 4.90 Å². The van der Waals surface area contributed by atoms with E-state index in [0.717, 1.165) is 38.9 Å². The van der Waals surface area contributed by atoms with E-state index in [1.54, 1.807) is 54.6 Å². The average Bonchev–Trinajstić information content (AvgIpc) is 3.62. The van der Waals surface area contributed by atoms with E-state index >= 15 is 0 Å². The highest BCUT2D eigenvalue weighted by molar-refractivity contribution is 6.11. The summed E-state index contributed by atoms with van der Waals surface area (Å²) in [6.07, 6.45) is 0. The van der Waals surface area contributed by atoms with Crippen LogP contribution in [-0.2, 0) is 0 Å². The lowest BCUT2D eigenvalue weighted by Crippen LogP contribution is -2.09. The Bertz CT molecular complexity index is 3080. The molecule has 0 N–H and O–H groups in total. The summed E-state index contributed by atoms with van der Waals surface area (Å²) < 4.78 is 1.99. The fourth-order valence-corrected chi connectivity index (χ4v) is 7.57. The number of rotatable bonds is 7. The second kappa shape index (κ2) is 14.8.